The molecule has 6 rings (SSSR count). The Labute approximate surface area is 168 Å². The predicted molar refractivity (Wildman–Crippen MR) is 103 cm³/mol. The summed E-state index contributed by atoms with van der Waals surface area (Å²) in [5.74, 6) is 0.515. The summed E-state index contributed by atoms with van der Waals surface area (Å²) in [5, 5.41) is 5.95. The molecule has 2 aromatic rings. The number of hydrogen-bond acceptors (Lipinski definition) is 7. The highest BCUT2D eigenvalue weighted by Crippen LogP contribution is 2.41. The van der Waals surface area contributed by atoms with Gasteiger partial charge in [-0.05, 0) is 37.3 Å². The molecule has 28 heavy (non-hydrogen) atoms. The summed E-state index contributed by atoms with van der Waals surface area (Å²) in [4.78, 5) is 11.4. The lowest BCUT2D eigenvalue weighted by molar-refractivity contribution is -0.181. The van der Waals surface area contributed by atoms with Crippen LogP contribution in [0, 0.1) is 0 Å². The minimum Gasteiger partial charge on any atom is -0.371 e. The van der Waals surface area contributed by atoms with E-state index in [9.17, 15) is 0 Å². The second-order valence-corrected chi connectivity index (χ2v) is 8.68. The van der Waals surface area contributed by atoms with Crippen LogP contribution in [0.2, 0.25) is 5.28 Å². The highest BCUT2D eigenvalue weighted by Gasteiger charge is 2.41. The number of halogens is 1. The molecule has 2 bridgehead atoms. The van der Waals surface area contributed by atoms with Crippen molar-refractivity contribution in [2.24, 2.45) is 0 Å². The maximum Gasteiger partial charge on any atom is 0.226 e. The van der Waals surface area contributed by atoms with Gasteiger partial charge in [0.2, 0.25) is 5.28 Å². The smallest absolute Gasteiger partial charge is 0.226 e. The number of ether oxygens (including phenoxy) is 3. The van der Waals surface area contributed by atoms with Crippen LogP contribution in [0.1, 0.15) is 44.6 Å². The van der Waals surface area contributed by atoms with Gasteiger partial charge in [-0.2, -0.15) is 15.1 Å². The maximum atomic E-state index is 6.34. The average molecular weight is 406 g/mol. The number of morpholine rings is 1. The number of hydrogen-bond donors (Lipinski definition) is 0. The van der Waals surface area contributed by atoms with E-state index in [4.69, 9.17) is 30.9 Å². The molecule has 3 saturated heterocycles. The summed E-state index contributed by atoms with van der Waals surface area (Å²) in [7, 11) is 0. The second-order valence-electron chi connectivity index (χ2n) is 8.34. The second kappa shape index (κ2) is 6.52. The molecule has 1 spiro atoms. The third-order valence-electron chi connectivity index (χ3n) is 6.63. The number of fused-ring (bicyclic) bond motifs is 3. The van der Waals surface area contributed by atoms with Gasteiger partial charge in [-0.3, -0.25) is 0 Å². The van der Waals surface area contributed by atoms with E-state index in [1.807, 2.05) is 10.9 Å². The van der Waals surface area contributed by atoms with Gasteiger partial charge in [-0.25, -0.2) is 4.68 Å². The van der Waals surface area contributed by atoms with Gasteiger partial charge < -0.3 is 19.1 Å². The molecule has 150 valence electrons. The van der Waals surface area contributed by atoms with Crippen LogP contribution in [0.25, 0.3) is 11.0 Å². The van der Waals surface area contributed by atoms with Crippen molar-refractivity contribution in [2.75, 3.05) is 31.2 Å². The molecule has 2 aromatic heterocycles. The van der Waals surface area contributed by atoms with Gasteiger partial charge in [0.05, 0.1) is 43.0 Å². The molecular weight excluding hydrogens is 382 g/mol. The fourth-order valence-electron chi connectivity index (χ4n) is 5.25. The first-order valence-corrected chi connectivity index (χ1v) is 10.7. The topological polar surface area (TPSA) is 74.5 Å². The molecular formula is C19H24ClN5O3. The summed E-state index contributed by atoms with van der Waals surface area (Å²) < 4.78 is 19.7. The van der Waals surface area contributed by atoms with Crippen LogP contribution in [-0.2, 0) is 14.2 Å². The molecule has 2 atom stereocenters. The zero-order valence-corrected chi connectivity index (χ0v) is 16.5. The first-order valence-electron chi connectivity index (χ1n) is 10.3. The highest BCUT2D eigenvalue weighted by molar-refractivity contribution is 6.28. The molecule has 3 aliphatic heterocycles. The number of anilines is 1. The SMILES string of the molecule is Clc1nc(N2C[C@@H]3CC[C@@H](C2)O3)c2cnn(C3CCC4(CC3)OCCO4)c2n1. The Balaban J connectivity index is 1.31. The molecule has 4 fully saturated rings. The Morgan fingerprint density at radius 3 is 2.43 bits per heavy atom. The Morgan fingerprint density at radius 1 is 1.00 bits per heavy atom. The van der Waals surface area contributed by atoms with E-state index >= 15 is 0 Å². The van der Waals surface area contributed by atoms with Crippen molar-refractivity contribution in [3.8, 4) is 0 Å². The van der Waals surface area contributed by atoms with E-state index in [1.54, 1.807) is 0 Å². The Kier molecular flexibility index (Phi) is 4.05. The van der Waals surface area contributed by atoms with Crippen LogP contribution in [0.4, 0.5) is 5.82 Å². The molecule has 0 radical (unpaired) electrons. The molecule has 4 aliphatic rings. The van der Waals surface area contributed by atoms with Gasteiger partial charge in [-0.15, -0.1) is 0 Å². The zero-order valence-electron chi connectivity index (χ0n) is 15.7. The molecule has 0 unspecified atom stereocenters. The van der Waals surface area contributed by atoms with Crippen LogP contribution in [0.3, 0.4) is 0 Å². The van der Waals surface area contributed by atoms with E-state index in [1.165, 1.54) is 0 Å². The minimum atomic E-state index is -0.371. The summed E-state index contributed by atoms with van der Waals surface area (Å²) >= 11 is 6.34. The molecule has 9 heteroatoms. The Bertz CT molecular complexity index is 877. The first-order chi connectivity index (χ1) is 13.7. The highest BCUT2D eigenvalue weighted by atomic mass is 35.5. The molecule has 8 nitrogen and oxygen atoms in total. The largest absolute Gasteiger partial charge is 0.371 e. The zero-order chi connectivity index (χ0) is 18.7. The lowest BCUT2D eigenvalue weighted by Crippen LogP contribution is -2.43. The normalized spacial score (nSPS) is 30.0. The van der Waals surface area contributed by atoms with Gasteiger partial charge in [0.25, 0.3) is 0 Å². The van der Waals surface area contributed by atoms with Gasteiger partial charge in [-0.1, -0.05) is 0 Å². The minimum absolute atomic E-state index is 0.274. The Hall–Kier alpha value is -1.48. The van der Waals surface area contributed by atoms with Crippen molar-refractivity contribution in [3.05, 3.63) is 11.5 Å². The van der Waals surface area contributed by atoms with Crippen molar-refractivity contribution in [1.29, 1.82) is 0 Å². The quantitative estimate of drug-likeness (QED) is 0.711. The van der Waals surface area contributed by atoms with Crippen molar-refractivity contribution in [2.45, 2.75) is 62.6 Å². The summed E-state index contributed by atoms with van der Waals surface area (Å²) in [5.41, 5.74) is 0.822. The van der Waals surface area contributed by atoms with Crippen molar-refractivity contribution >= 4 is 28.5 Å². The van der Waals surface area contributed by atoms with E-state index in [0.717, 1.165) is 68.5 Å². The van der Waals surface area contributed by atoms with E-state index in [-0.39, 0.29) is 17.1 Å². The monoisotopic (exact) mass is 405 g/mol. The van der Waals surface area contributed by atoms with Gasteiger partial charge in [0.1, 0.15) is 5.82 Å². The van der Waals surface area contributed by atoms with Crippen LogP contribution >= 0.6 is 11.6 Å². The van der Waals surface area contributed by atoms with Crippen LogP contribution in [0.5, 0.6) is 0 Å². The van der Waals surface area contributed by atoms with E-state index in [2.05, 4.69) is 14.9 Å². The van der Waals surface area contributed by atoms with Crippen LogP contribution in [0.15, 0.2) is 6.20 Å². The molecule has 0 N–H and O–H groups in total. The molecule has 1 aliphatic carbocycles. The molecule has 0 amide bonds. The van der Waals surface area contributed by atoms with Crippen molar-refractivity contribution < 1.29 is 14.2 Å². The predicted octanol–water partition coefficient (Wildman–Crippen LogP) is 2.71. The lowest BCUT2D eigenvalue weighted by Gasteiger charge is -2.35. The van der Waals surface area contributed by atoms with Crippen molar-refractivity contribution in [3.63, 3.8) is 0 Å². The fourth-order valence-corrected chi connectivity index (χ4v) is 5.41. The van der Waals surface area contributed by atoms with E-state index in [0.29, 0.717) is 25.4 Å². The number of nitrogens with zero attached hydrogens (tertiary/aromatic N) is 5. The lowest BCUT2D eigenvalue weighted by atomic mass is 9.90. The van der Waals surface area contributed by atoms with Gasteiger partial charge in [0, 0.05) is 25.9 Å². The maximum absolute atomic E-state index is 6.34. The summed E-state index contributed by atoms with van der Waals surface area (Å²) in [6.07, 6.45) is 8.40. The summed E-state index contributed by atoms with van der Waals surface area (Å²) in [6.45, 7) is 3.10. The van der Waals surface area contributed by atoms with Crippen molar-refractivity contribution in [1.82, 2.24) is 19.7 Å². The van der Waals surface area contributed by atoms with Crippen LogP contribution in [-0.4, -0.2) is 64.0 Å². The first kappa shape index (κ1) is 17.4. The number of rotatable bonds is 2. The standard InChI is InChI=1S/C19H24ClN5O3/c20-18-22-16(24-10-13-1-2-14(11-24)28-13)15-9-21-25(17(15)23-18)12-3-5-19(6-4-12)26-7-8-27-19/h9,12-14H,1-8,10-11H2/t13-,14-/m0/s1. The van der Waals surface area contributed by atoms with Gasteiger partial charge in [0.15, 0.2) is 11.4 Å². The summed E-state index contributed by atoms with van der Waals surface area (Å²) in [6, 6.07) is 0.274. The van der Waals surface area contributed by atoms with E-state index < -0.39 is 0 Å². The average Bonchev–Trinajstić information content (AvgIpc) is 3.41. The molecule has 0 aromatic carbocycles. The number of aromatic nitrogens is 4. The Morgan fingerprint density at radius 2 is 1.71 bits per heavy atom. The fraction of sp³-hybridized carbons (Fsp3) is 0.737. The molecule has 5 heterocycles. The third-order valence-corrected chi connectivity index (χ3v) is 6.79. The third kappa shape index (κ3) is 2.81. The molecule has 1 saturated carbocycles. The van der Waals surface area contributed by atoms with Crippen LogP contribution < -0.4 is 4.90 Å². The van der Waals surface area contributed by atoms with Gasteiger partial charge >= 0.3 is 0 Å².